The summed E-state index contributed by atoms with van der Waals surface area (Å²) in [4.78, 5) is 12.7. The van der Waals surface area contributed by atoms with Crippen molar-refractivity contribution >= 4 is 5.78 Å². The Labute approximate surface area is 115 Å². The Morgan fingerprint density at radius 3 is 2.47 bits per heavy atom. The molecule has 1 aromatic rings. The smallest absolute Gasteiger partial charge is 0.143 e. The first-order chi connectivity index (χ1) is 9.03. The summed E-state index contributed by atoms with van der Waals surface area (Å²) < 4.78 is 13.7. The average Bonchev–Trinajstić information content (AvgIpc) is 2.81. The van der Waals surface area contributed by atoms with Gasteiger partial charge in [-0.3, -0.25) is 4.79 Å². The SMILES string of the molecule is CC(C)CC1(C(=O)Cc2ccccc2F)CCCC1. The van der Waals surface area contributed by atoms with Crippen LogP contribution < -0.4 is 0 Å². The lowest BCUT2D eigenvalue weighted by Gasteiger charge is -2.29. The van der Waals surface area contributed by atoms with E-state index in [4.69, 9.17) is 0 Å². The molecule has 0 aliphatic heterocycles. The summed E-state index contributed by atoms with van der Waals surface area (Å²) in [5, 5.41) is 0. The zero-order valence-electron chi connectivity index (χ0n) is 11.9. The first kappa shape index (κ1) is 14.2. The first-order valence-corrected chi connectivity index (χ1v) is 7.30. The van der Waals surface area contributed by atoms with E-state index < -0.39 is 0 Å². The second-order valence-electron chi connectivity index (χ2n) is 6.28. The molecule has 104 valence electrons. The van der Waals surface area contributed by atoms with Gasteiger partial charge in [0.2, 0.25) is 0 Å². The molecule has 1 aliphatic rings. The van der Waals surface area contributed by atoms with Crippen LogP contribution in [0.25, 0.3) is 0 Å². The van der Waals surface area contributed by atoms with E-state index in [1.165, 1.54) is 6.07 Å². The van der Waals surface area contributed by atoms with E-state index >= 15 is 0 Å². The molecule has 0 spiro atoms. The van der Waals surface area contributed by atoms with Crippen molar-refractivity contribution < 1.29 is 9.18 Å². The molecule has 19 heavy (non-hydrogen) atoms. The average molecular weight is 262 g/mol. The highest BCUT2D eigenvalue weighted by Gasteiger charge is 2.40. The summed E-state index contributed by atoms with van der Waals surface area (Å²) in [5.41, 5.74) is 0.360. The van der Waals surface area contributed by atoms with Crippen LogP contribution in [0.1, 0.15) is 51.5 Å². The Balaban J connectivity index is 2.15. The van der Waals surface area contributed by atoms with Gasteiger partial charge in [-0.2, -0.15) is 0 Å². The third kappa shape index (κ3) is 3.23. The van der Waals surface area contributed by atoms with E-state index in [1.807, 2.05) is 0 Å². The van der Waals surface area contributed by atoms with Crippen LogP contribution in [0.3, 0.4) is 0 Å². The minimum Gasteiger partial charge on any atom is -0.299 e. The fourth-order valence-electron chi connectivity index (χ4n) is 3.43. The highest BCUT2D eigenvalue weighted by molar-refractivity contribution is 5.87. The maximum absolute atomic E-state index is 13.7. The van der Waals surface area contributed by atoms with Gasteiger partial charge in [-0.05, 0) is 36.8 Å². The van der Waals surface area contributed by atoms with Crippen molar-refractivity contribution in [2.24, 2.45) is 11.3 Å². The van der Waals surface area contributed by atoms with Crippen molar-refractivity contribution in [3.05, 3.63) is 35.6 Å². The molecule has 0 saturated heterocycles. The number of carbonyl (C=O) groups excluding carboxylic acids is 1. The Kier molecular flexibility index (Phi) is 4.38. The molecule has 1 fully saturated rings. The van der Waals surface area contributed by atoms with Crippen LogP contribution in [-0.4, -0.2) is 5.78 Å². The number of hydrogen-bond acceptors (Lipinski definition) is 1. The zero-order valence-corrected chi connectivity index (χ0v) is 11.9. The first-order valence-electron chi connectivity index (χ1n) is 7.30. The zero-order chi connectivity index (χ0) is 13.9. The Bertz CT molecular complexity index is 444. The second kappa shape index (κ2) is 5.85. The number of hydrogen-bond donors (Lipinski definition) is 0. The molecule has 0 radical (unpaired) electrons. The van der Waals surface area contributed by atoms with E-state index in [2.05, 4.69) is 13.8 Å². The van der Waals surface area contributed by atoms with Crippen molar-refractivity contribution in [1.29, 1.82) is 0 Å². The molecule has 2 rings (SSSR count). The third-order valence-electron chi connectivity index (χ3n) is 4.26. The normalized spacial score (nSPS) is 17.9. The summed E-state index contributed by atoms with van der Waals surface area (Å²) in [6.07, 6.45) is 5.43. The van der Waals surface area contributed by atoms with Gasteiger partial charge in [0.1, 0.15) is 11.6 Å². The van der Waals surface area contributed by atoms with Crippen molar-refractivity contribution in [3.8, 4) is 0 Å². The predicted octanol–water partition coefficient (Wildman–Crippen LogP) is 4.54. The summed E-state index contributed by atoms with van der Waals surface area (Å²) in [6, 6.07) is 6.63. The van der Waals surface area contributed by atoms with Gasteiger partial charge in [0.15, 0.2) is 0 Å². The van der Waals surface area contributed by atoms with E-state index in [-0.39, 0.29) is 23.4 Å². The minimum absolute atomic E-state index is 0.184. The maximum atomic E-state index is 13.7. The van der Waals surface area contributed by atoms with Gasteiger partial charge in [-0.15, -0.1) is 0 Å². The highest BCUT2D eigenvalue weighted by atomic mass is 19.1. The standard InChI is InChI=1S/C17H23FO/c1-13(2)12-17(9-5-6-10-17)16(19)11-14-7-3-4-8-15(14)18/h3-4,7-8,13H,5-6,9-12H2,1-2H3. The number of benzene rings is 1. The number of ketones is 1. The van der Waals surface area contributed by atoms with Gasteiger partial charge in [0.05, 0.1) is 0 Å². The van der Waals surface area contributed by atoms with Crippen molar-refractivity contribution in [3.63, 3.8) is 0 Å². The van der Waals surface area contributed by atoms with Crippen LogP contribution in [0.4, 0.5) is 4.39 Å². The van der Waals surface area contributed by atoms with Crippen LogP contribution in [0.2, 0.25) is 0 Å². The number of rotatable bonds is 5. The van der Waals surface area contributed by atoms with Crippen LogP contribution in [0.15, 0.2) is 24.3 Å². The number of carbonyl (C=O) groups is 1. The fraction of sp³-hybridized carbons (Fsp3) is 0.588. The largest absolute Gasteiger partial charge is 0.299 e. The van der Waals surface area contributed by atoms with Gasteiger partial charge < -0.3 is 0 Å². The van der Waals surface area contributed by atoms with E-state index in [9.17, 15) is 9.18 Å². The van der Waals surface area contributed by atoms with Crippen LogP contribution >= 0.6 is 0 Å². The molecule has 1 aromatic carbocycles. The van der Waals surface area contributed by atoms with Gasteiger partial charge in [0, 0.05) is 11.8 Å². The third-order valence-corrected chi connectivity index (χ3v) is 4.26. The molecule has 0 amide bonds. The molecule has 0 N–H and O–H groups in total. The Morgan fingerprint density at radius 1 is 1.26 bits per heavy atom. The molecule has 1 saturated carbocycles. The monoisotopic (exact) mass is 262 g/mol. The van der Waals surface area contributed by atoms with Crippen LogP contribution in [0.5, 0.6) is 0 Å². The molecular formula is C17H23FO. The quantitative estimate of drug-likeness (QED) is 0.761. The Morgan fingerprint density at radius 2 is 1.89 bits per heavy atom. The lowest BCUT2D eigenvalue weighted by molar-refractivity contribution is -0.128. The molecule has 1 aliphatic carbocycles. The van der Waals surface area contributed by atoms with Crippen molar-refractivity contribution in [2.45, 2.75) is 52.4 Å². The Hall–Kier alpha value is -1.18. The van der Waals surface area contributed by atoms with Gasteiger partial charge in [-0.25, -0.2) is 4.39 Å². The summed E-state index contributed by atoms with van der Waals surface area (Å²) >= 11 is 0. The molecule has 0 unspecified atom stereocenters. The molecule has 1 nitrogen and oxygen atoms in total. The molecule has 0 atom stereocenters. The lowest BCUT2D eigenvalue weighted by atomic mass is 9.73. The summed E-state index contributed by atoms with van der Waals surface area (Å²) in [7, 11) is 0. The molecule has 0 aromatic heterocycles. The topological polar surface area (TPSA) is 17.1 Å². The molecule has 0 bridgehead atoms. The van der Waals surface area contributed by atoms with Gasteiger partial charge >= 0.3 is 0 Å². The maximum Gasteiger partial charge on any atom is 0.143 e. The molecular weight excluding hydrogens is 239 g/mol. The predicted molar refractivity (Wildman–Crippen MR) is 75.5 cm³/mol. The van der Waals surface area contributed by atoms with E-state index in [1.54, 1.807) is 18.2 Å². The van der Waals surface area contributed by atoms with E-state index in [0.717, 1.165) is 32.1 Å². The van der Waals surface area contributed by atoms with Gasteiger partial charge in [0.25, 0.3) is 0 Å². The van der Waals surface area contributed by atoms with Crippen molar-refractivity contribution in [2.75, 3.05) is 0 Å². The van der Waals surface area contributed by atoms with Crippen LogP contribution in [0, 0.1) is 17.2 Å². The van der Waals surface area contributed by atoms with E-state index in [0.29, 0.717) is 11.5 Å². The second-order valence-corrected chi connectivity index (χ2v) is 6.28. The van der Waals surface area contributed by atoms with Gasteiger partial charge in [-0.1, -0.05) is 44.9 Å². The van der Waals surface area contributed by atoms with Crippen LogP contribution in [-0.2, 0) is 11.2 Å². The fourth-order valence-corrected chi connectivity index (χ4v) is 3.43. The molecule has 0 heterocycles. The number of Topliss-reactive ketones (excluding diaryl/α,β-unsaturated/α-hetero) is 1. The minimum atomic E-state index is -0.256. The van der Waals surface area contributed by atoms with Crippen molar-refractivity contribution in [1.82, 2.24) is 0 Å². The highest BCUT2D eigenvalue weighted by Crippen LogP contribution is 2.44. The summed E-state index contributed by atoms with van der Waals surface area (Å²) in [6.45, 7) is 4.33. The lowest BCUT2D eigenvalue weighted by Crippen LogP contribution is -2.31. The summed E-state index contributed by atoms with van der Waals surface area (Å²) in [5.74, 6) is 0.500. The molecule has 2 heteroatoms. The number of halogens is 1.